The van der Waals surface area contributed by atoms with Gasteiger partial charge in [0.2, 0.25) is 0 Å². The van der Waals surface area contributed by atoms with E-state index in [1.165, 1.54) is 18.6 Å². The predicted octanol–water partition coefficient (Wildman–Crippen LogP) is 3.51. The first-order chi connectivity index (χ1) is 13.0. The molecule has 5 nitrogen and oxygen atoms in total. The Morgan fingerprint density at radius 3 is 2.15 bits per heavy atom. The molecule has 1 aliphatic carbocycles. The molecule has 0 atom stereocenters. The summed E-state index contributed by atoms with van der Waals surface area (Å²) in [7, 11) is -3.94. The van der Waals surface area contributed by atoms with Gasteiger partial charge in [-0.15, -0.1) is 0 Å². The van der Waals surface area contributed by atoms with Crippen molar-refractivity contribution in [3.8, 4) is 0 Å². The molecule has 0 bridgehead atoms. The van der Waals surface area contributed by atoms with Crippen LogP contribution >= 0.6 is 0 Å². The molecule has 1 N–H and O–H groups in total. The fourth-order valence-corrected chi connectivity index (χ4v) is 4.29. The molecule has 1 amide bonds. The standard InChI is InChI=1S/C21H24N2O3S/c24-21(22-18-12-6-2-7-13-18)20(16-17-10-4-1-5-11-17)23-27(25,26)19-14-8-3-9-15-19/h1,3-5,8-11,14-15,18H,2,6-7,12-13,16H2,(H,22,24)/b23-20-. The molecule has 3 rings (SSSR count). The first-order valence-corrected chi connectivity index (χ1v) is 10.7. The lowest BCUT2D eigenvalue weighted by atomic mass is 9.95. The number of benzene rings is 2. The van der Waals surface area contributed by atoms with Crippen LogP contribution in [0.5, 0.6) is 0 Å². The molecule has 1 saturated carbocycles. The van der Waals surface area contributed by atoms with Crippen molar-refractivity contribution in [1.29, 1.82) is 0 Å². The summed E-state index contributed by atoms with van der Waals surface area (Å²) in [5.41, 5.74) is 0.869. The van der Waals surface area contributed by atoms with Crippen LogP contribution in [0.15, 0.2) is 70.0 Å². The number of nitrogens with zero attached hydrogens (tertiary/aromatic N) is 1. The van der Waals surface area contributed by atoms with E-state index in [1.807, 2.05) is 30.3 Å². The van der Waals surface area contributed by atoms with Gasteiger partial charge in [-0.3, -0.25) is 4.79 Å². The molecule has 0 unspecified atom stereocenters. The van der Waals surface area contributed by atoms with Gasteiger partial charge in [0.15, 0.2) is 0 Å². The lowest BCUT2D eigenvalue weighted by Gasteiger charge is -2.23. The first-order valence-electron chi connectivity index (χ1n) is 9.28. The number of amides is 1. The quantitative estimate of drug-likeness (QED) is 0.775. The van der Waals surface area contributed by atoms with E-state index in [2.05, 4.69) is 9.71 Å². The van der Waals surface area contributed by atoms with Gasteiger partial charge in [0.05, 0.1) is 4.90 Å². The number of carbonyl (C=O) groups is 1. The van der Waals surface area contributed by atoms with Crippen molar-refractivity contribution in [1.82, 2.24) is 5.32 Å². The third-order valence-corrected chi connectivity index (χ3v) is 6.02. The highest BCUT2D eigenvalue weighted by atomic mass is 32.2. The SMILES string of the molecule is O=C(NC1CCCCC1)/C(Cc1ccccc1)=N\S(=O)(=O)c1ccccc1. The van der Waals surface area contributed by atoms with Crippen LogP contribution in [0, 0.1) is 0 Å². The number of hydrogen-bond acceptors (Lipinski definition) is 3. The monoisotopic (exact) mass is 384 g/mol. The maximum absolute atomic E-state index is 12.8. The Bertz CT molecular complexity index is 888. The normalized spacial score (nSPS) is 16.1. The summed E-state index contributed by atoms with van der Waals surface area (Å²) >= 11 is 0. The van der Waals surface area contributed by atoms with E-state index in [9.17, 15) is 13.2 Å². The van der Waals surface area contributed by atoms with Crippen LogP contribution in [-0.4, -0.2) is 26.1 Å². The van der Waals surface area contributed by atoms with Crippen molar-refractivity contribution >= 4 is 21.6 Å². The van der Waals surface area contributed by atoms with Crippen LogP contribution in [-0.2, 0) is 21.2 Å². The number of carbonyl (C=O) groups excluding carboxylic acids is 1. The number of nitrogens with one attached hydrogen (secondary N) is 1. The molecule has 1 fully saturated rings. The summed E-state index contributed by atoms with van der Waals surface area (Å²) in [6.45, 7) is 0. The number of hydrogen-bond donors (Lipinski definition) is 1. The zero-order valence-electron chi connectivity index (χ0n) is 15.2. The Balaban J connectivity index is 1.87. The van der Waals surface area contributed by atoms with Crippen LogP contribution in [0.25, 0.3) is 0 Å². The first kappa shape index (κ1) is 19.3. The van der Waals surface area contributed by atoms with Gasteiger partial charge in [-0.1, -0.05) is 67.8 Å². The molecule has 0 radical (unpaired) electrons. The van der Waals surface area contributed by atoms with Gasteiger partial charge in [-0.05, 0) is 30.5 Å². The van der Waals surface area contributed by atoms with Crippen LogP contribution in [0.4, 0.5) is 0 Å². The van der Waals surface area contributed by atoms with E-state index in [-0.39, 0.29) is 23.1 Å². The fraction of sp³-hybridized carbons (Fsp3) is 0.333. The molecule has 1 aliphatic rings. The smallest absolute Gasteiger partial charge is 0.282 e. The highest BCUT2D eigenvalue weighted by molar-refractivity contribution is 7.90. The lowest BCUT2D eigenvalue weighted by molar-refractivity contribution is -0.115. The molecule has 2 aromatic rings. The van der Waals surface area contributed by atoms with Crippen molar-refractivity contribution in [3.63, 3.8) is 0 Å². The second-order valence-corrected chi connectivity index (χ2v) is 8.40. The molecule has 2 aromatic carbocycles. The molecular weight excluding hydrogens is 360 g/mol. The minimum absolute atomic E-state index is 0.0237. The maximum atomic E-state index is 12.8. The third kappa shape index (κ3) is 5.50. The molecule has 0 heterocycles. The Hall–Kier alpha value is -2.47. The third-order valence-electron chi connectivity index (χ3n) is 4.69. The Morgan fingerprint density at radius 2 is 1.52 bits per heavy atom. The van der Waals surface area contributed by atoms with Crippen molar-refractivity contribution in [2.24, 2.45) is 4.40 Å². The summed E-state index contributed by atoms with van der Waals surface area (Å²) in [5.74, 6) is -0.398. The highest BCUT2D eigenvalue weighted by Crippen LogP contribution is 2.18. The molecule has 27 heavy (non-hydrogen) atoms. The molecule has 0 saturated heterocycles. The second kappa shape index (κ2) is 8.95. The van der Waals surface area contributed by atoms with Gasteiger partial charge in [0, 0.05) is 12.5 Å². The van der Waals surface area contributed by atoms with Crippen molar-refractivity contribution in [3.05, 3.63) is 66.2 Å². The largest absolute Gasteiger partial charge is 0.348 e. The minimum atomic E-state index is -3.94. The van der Waals surface area contributed by atoms with E-state index in [4.69, 9.17) is 0 Å². The Labute approximate surface area is 160 Å². The summed E-state index contributed by atoms with van der Waals surface area (Å²) in [6.07, 6.45) is 5.37. The summed E-state index contributed by atoms with van der Waals surface area (Å²) < 4.78 is 29.2. The Morgan fingerprint density at radius 1 is 0.926 bits per heavy atom. The van der Waals surface area contributed by atoms with E-state index >= 15 is 0 Å². The molecular formula is C21H24N2O3S. The second-order valence-electron chi connectivity index (χ2n) is 6.80. The van der Waals surface area contributed by atoms with Crippen LogP contribution in [0.2, 0.25) is 0 Å². The zero-order valence-corrected chi connectivity index (χ0v) is 16.0. The number of sulfonamides is 1. The Kier molecular flexibility index (Phi) is 6.40. The van der Waals surface area contributed by atoms with E-state index < -0.39 is 15.9 Å². The summed E-state index contributed by atoms with van der Waals surface area (Å²) in [6, 6.07) is 17.4. The van der Waals surface area contributed by atoms with Gasteiger partial charge >= 0.3 is 0 Å². The minimum Gasteiger partial charge on any atom is -0.348 e. The fourth-order valence-electron chi connectivity index (χ4n) is 3.25. The van der Waals surface area contributed by atoms with Gasteiger partial charge in [-0.25, -0.2) is 0 Å². The average molecular weight is 385 g/mol. The highest BCUT2D eigenvalue weighted by Gasteiger charge is 2.22. The number of rotatable bonds is 6. The maximum Gasteiger partial charge on any atom is 0.282 e. The molecule has 0 aliphatic heterocycles. The molecule has 0 spiro atoms. The van der Waals surface area contributed by atoms with Crippen LogP contribution in [0.3, 0.4) is 0 Å². The summed E-state index contributed by atoms with van der Waals surface area (Å²) in [4.78, 5) is 12.9. The van der Waals surface area contributed by atoms with E-state index in [0.29, 0.717) is 0 Å². The van der Waals surface area contributed by atoms with Gasteiger partial charge < -0.3 is 5.32 Å². The van der Waals surface area contributed by atoms with E-state index in [1.54, 1.807) is 18.2 Å². The van der Waals surface area contributed by atoms with Crippen molar-refractivity contribution < 1.29 is 13.2 Å². The van der Waals surface area contributed by atoms with Crippen molar-refractivity contribution in [2.75, 3.05) is 0 Å². The predicted molar refractivity (Wildman–Crippen MR) is 106 cm³/mol. The van der Waals surface area contributed by atoms with Crippen LogP contribution < -0.4 is 5.32 Å². The van der Waals surface area contributed by atoms with Crippen molar-refractivity contribution in [2.45, 2.75) is 49.5 Å². The van der Waals surface area contributed by atoms with Gasteiger partial charge in [0.1, 0.15) is 5.71 Å². The molecule has 6 heteroatoms. The zero-order chi connectivity index (χ0) is 19.1. The van der Waals surface area contributed by atoms with Crippen LogP contribution in [0.1, 0.15) is 37.7 Å². The summed E-state index contributed by atoms with van der Waals surface area (Å²) in [5, 5.41) is 2.98. The lowest BCUT2D eigenvalue weighted by Crippen LogP contribution is -2.41. The van der Waals surface area contributed by atoms with Gasteiger partial charge in [-0.2, -0.15) is 12.8 Å². The molecule has 0 aromatic heterocycles. The van der Waals surface area contributed by atoms with E-state index in [0.717, 1.165) is 31.2 Å². The topological polar surface area (TPSA) is 75.6 Å². The average Bonchev–Trinajstić information content (AvgIpc) is 2.69. The molecule has 142 valence electrons. The van der Waals surface area contributed by atoms with Gasteiger partial charge in [0.25, 0.3) is 15.9 Å².